The fourth-order valence-corrected chi connectivity index (χ4v) is 2.22. The molecule has 98 valence electrons. The van der Waals surface area contributed by atoms with Gasteiger partial charge in [-0.25, -0.2) is 4.79 Å². The number of aliphatic hydroxyl groups excluding tert-OH is 1. The fraction of sp³-hybridized carbons (Fsp3) is 0.364. The van der Waals surface area contributed by atoms with Gasteiger partial charge in [-0.15, -0.1) is 11.8 Å². The smallest absolute Gasteiger partial charge is 0.337 e. The number of hydrogen-bond donors (Lipinski definition) is 2. The van der Waals surface area contributed by atoms with Crippen molar-refractivity contribution in [1.82, 2.24) is 0 Å². The van der Waals surface area contributed by atoms with Crippen LogP contribution in [0.25, 0.3) is 0 Å². The van der Waals surface area contributed by atoms with E-state index in [9.17, 15) is 20.0 Å². The van der Waals surface area contributed by atoms with E-state index in [1.165, 1.54) is 23.9 Å². The number of thioether (sulfide) groups is 1. The Morgan fingerprint density at radius 2 is 2.06 bits per heavy atom. The SMILES string of the molecule is CC(O)C(C)Sc1ccc([N+](=O)[O-])cc1C(=O)O. The maximum atomic E-state index is 11.0. The van der Waals surface area contributed by atoms with Crippen LogP contribution in [0.1, 0.15) is 24.2 Å². The lowest BCUT2D eigenvalue weighted by molar-refractivity contribution is -0.384. The molecule has 0 spiro atoms. The quantitative estimate of drug-likeness (QED) is 0.483. The van der Waals surface area contributed by atoms with E-state index in [2.05, 4.69) is 0 Å². The summed E-state index contributed by atoms with van der Waals surface area (Å²) in [6, 6.07) is 3.67. The van der Waals surface area contributed by atoms with Gasteiger partial charge in [-0.1, -0.05) is 6.92 Å². The molecule has 1 rings (SSSR count). The molecule has 2 N–H and O–H groups in total. The molecule has 6 nitrogen and oxygen atoms in total. The van der Waals surface area contributed by atoms with Crippen molar-refractivity contribution in [2.75, 3.05) is 0 Å². The monoisotopic (exact) mass is 271 g/mol. The first kappa shape index (κ1) is 14.5. The van der Waals surface area contributed by atoms with Gasteiger partial charge in [0, 0.05) is 22.3 Å². The molecular weight excluding hydrogens is 258 g/mol. The maximum absolute atomic E-state index is 11.0. The van der Waals surface area contributed by atoms with Crippen LogP contribution in [0, 0.1) is 10.1 Å². The highest BCUT2D eigenvalue weighted by atomic mass is 32.2. The number of aliphatic hydroxyl groups is 1. The Morgan fingerprint density at radius 3 is 2.50 bits per heavy atom. The Balaban J connectivity index is 3.12. The summed E-state index contributed by atoms with van der Waals surface area (Å²) < 4.78 is 0. The highest BCUT2D eigenvalue weighted by Crippen LogP contribution is 2.31. The van der Waals surface area contributed by atoms with Gasteiger partial charge in [-0.05, 0) is 13.0 Å². The predicted octanol–water partition coefficient (Wildman–Crippen LogP) is 2.15. The predicted molar refractivity (Wildman–Crippen MR) is 67.1 cm³/mol. The number of benzene rings is 1. The van der Waals surface area contributed by atoms with E-state index in [4.69, 9.17) is 5.11 Å². The molecule has 0 aliphatic carbocycles. The summed E-state index contributed by atoms with van der Waals surface area (Å²) in [5, 5.41) is 28.8. The molecule has 0 saturated carbocycles. The summed E-state index contributed by atoms with van der Waals surface area (Å²) in [6.45, 7) is 3.35. The Kier molecular flexibility index (Phi) is 4.69. The van der Waals surface area contributed by atoms with E-state index in [1.807, 2.05) is 0 Å². The molecule has 18 heavy (non-hydrogen) atoms. The van der Waals surface area contributed by atoms with Crippen molar-refractivity contribution < 1.29 is 19.9 Å². The largest absolute Gasteiger partial charge is 0.478 e. The Bertz CT molecular complexity index is 475. The van der Waals surface area contributed by atoms with Crippen LogP contribution in [0.3, 0.4) is 0 Å². The summed E-state index contributed by atoms with van der Waals surface area (Å²) in [4.78, 5) is 21.4. The van der Waals surface area contributed by atoms with Crippen molar-refractivity contribution in [2.24, 2.45) is 0 Å². The molecule has 0 saturated heterocycles. The summed E-state index contributed by atoms with van der Waals surface area (Å²) in [6.07, 6.45) is -0.605. The number of carboxylic acids is 1. The molecule has 0 fully saturated rings. The lowest BCUT2D eigenvalue weighted by Crippen LogP contribution is -2.15. The number of aromatic carboxylic acids is 1. The van der Waals surface area contributed by atoms with E-state index in [0.29, 0.717) is 4.90 Å². The minimum atomic E-state index is -1.22. The van der Waals surface area contributed by atoms with Crippen LogP contribution in [0.5, 0.6) is 0 Å². The maximum Gasteiger partial charge on any atom is 0.337 e. The fourth-order valence-electron chi connectivity index (χ4n) is 1.20. The average Bonchev–Trinajstić information content (AvgIpc) is 2.28. The Labute approximate surface area is 108 Å². The zero-order valence-electron chi connectivity index (χ0n) is 9.86. The number of hydrogen-bond acceptors (Lipinski definition) is 5. The van der Waals surface area contributed by atoms with Gasteiger partial charge in [-0.2, -0.15) is 0 Å². The van der Waals surface area contributed by atoms with Crippen molar-refractivity contribution >= 4 is 23.4 Å². The Morgan fingerprint density at radius 1 is 1.44 bits per heavy atom. The Hall–Kier alpha value is -1.60. The van der Waals surface area contributed by atoms with E-state index in [1.54, 1.807) is 13.8 Å². The van der Waals surface area contributed by atoms with Crippen molar-refractivity contribution in [3.63, 3.8) is 0 Å². The third-order valence-electron chi connectivity index (χ3n) is 2.40. The van der Waals surface area contributed by atoms with Crippen molar-refractivity contribution in [3.8, 4) is 0 Å². The van der Waals surface area contributed by atoms with E-state index < -0.39 is 17.0 Å². The van der Waals surface area contributed by atoms with Gasteiger partial charge in [0.1, 0.15) is 0 Å². The van der Waals surface area contributed by atoms with Gasteiger partial charge in [-0.3, -0.25) is 10.1 Å². The summed E-state index contributed by atoms with van der Waals surface area (Å²) >= 11 is 1.17. The molecule has 0 aromatic heterocycles. The second kappa shape index (κ2) is 5.83. The molecule has 0 radical (unpaired) electrons. The number of nitro benzene ring substituents is 1. The van der Waals surface area contributed by atoms with Gasteiger partial charge in [0.15, 0.2) is 0 Å². The molecule has 0 amide bonds. The van der Waals surface area contributed by atoms with Crippen molar-refractivity contribution in [2.45, 2.75) is 30.1 Å². The first-order valence-electron chi connectivity index (χ1n) is 5.19. The molecule has 0 aliphatic rings. The van der Waals surface area contributed by atoms with Crippen LogP contribution in [-0.4, -0.2) is 32.5 Å². The number of nitrogens with zero attached hydrogens (tertiary/aromatic N) is 1. The van der Waals surface area contributed by atoms with Crippen LogP contribution in [0.2, 0.25) is 0 Å². The molecule has 2 atom stereocenters. The molecule has 0 heterocycles. The van der Waals surface area contributed by atoms with E-state index in [-0.39, 0.29) is 16.5 Å². The molecule has 1 aromatic carbocycles. The number of nitro groups is 1. The third-order valence-corrected chi connectivity index (χ3v) is 3.77. The molecular formula is C11H13NO5S. The highest BCUT2D eigenvalue weighted by molar-refractivity contribution is 8.00. The van der Waals surface area contributed by atoms with Gasteiger partial charge < -0.3 is 10.2 Å². The standard InChI is InChI=1S/C11H13NO5S/c1-6(13)7(2)18-10-4-3-8(12(16)17)5-9(10)11(14)15/h3-7,13H,1-2H3,(H,14,15). The van der Waals surface area contributed by atoms with Crippen LogP contribution in [-0.2, 0) is 0 Å². The highest BCUT2D eigenvalue weighted by Gasteiger charge is 2.19. The van der Waals surface area contributed by atoms with E-state index >= 15 is 0 Å². The zero-order valence-corrected chi connectivity index (χ0v) is 10.7. The topological polar surface area (TPSA) is 101 Å². The van der Waals surface area contributed by atoms with Crippen LogP contribution < -0.4 is 0 Å². The zero-order chi connectivity index (χ0) is 13.9. The lowest BCUT2D eigenvalue weighted by atomic mass is 10.2. The number of carboxylic acid groups (broad SMARTS) is 1. The first-order valence-corrected chi connectivity index (χ1v) is 6.07. The third kappa shape index (κ3) is 3.44. The van der Waals surface area contributed by atoms with Gasteiger partial charge >= 0.3 is 5.97 Å². The molecule has 2 unspecified atom stereocenters. The molecule has 0 aliphatic heterocycles. The van der Waals surface area contributed by atoms with Gasteiger partial charge in [0.2, 0.25) is 0 Å². The minimum absolute atomic E-state index is 0.123. The molecule has 0 bridgehead atoms. The number of carbonyl (C=O) groups is 1. The second-order valence-corrected chi connectivity index (χ2v) is 5.23. The van der Waals surface area contributed by atoms with Crippen molar-refractivity contribution in [3.05, 3.63) is 33.9 Å². The van der Waals surface area contributed by atoms with Crippen LogP contribution in [0.15, 0.2) is 23.1 Å². The lowest BCUT2D eigenvalue weighted by Gasteiger charge is -2.15. The summed E-state index contributed by atoms with van der Waals surface area (Å²) in [5.74, 6) is -1.22. The van der Waals surface area contributed by atoms with E-state index in [0.717, 1.165) is 6.07 Å². The second-order valence-electron chi connectivity index (χ2n) is 3.81. The van der Waals surface area contributed by atoms with Gasteiger partial charge in [0.25, 0.3) is 5.69 Å². The molecule has 1 aromatic rings. The van der Waals surface area contributed by atoms with Crippen LogP contribution >= 0.6 is 11.8 Å². The number of non-ortho nitro benzene ring substituents is 1. The van der Waals surface area contributed by atoms with Crippen LogP contribution in [0.4, 0.5) is 5.69 Å². The summed E-state index contributed by atoms with van der Waals surface area (Å²) in [7, 11) is 0. The average molecular weight is 271 g/mol. The molecule has 7 heteroatoms. The minimum Gasteiger partial charge on any atom is -0.478 e. The normalized spacial score (nSPS) is 13.9. The van der Waals surface area contributed by atoms with Crippen molar-refractivity contribution in [1.29, 1.82) is 0 Å². The number of rotatable bonds is 5. The first-order chi connectivity index (χ1) is 8.32. The summed E-state index contributed by atoms with van der Waals surface area (Å²) in [5.41, 5.74) is -0.386. The van der Waals surface area contributed by atoms with Gasteiger partial charge in [0.05, 0.1) is 16.6 Å².